The highest BCUT2D eigenvalue weighted by atomic mass is 35.5. The van der Waals surface area contributed by atoms with Gasteiger partial charge in [0.05, 0.1) is 11.9 Å². The summed E-state index contributed by atoms with van der Waals surface area (Å²) in [6, 6.07) is 3.79. The molecule has 2 N–H and O–H groups in total. The van der Waals surface area contributed by atoms with Crippen molar-refractivity contribution in [2.45, 2.75) is 13.8 Å². The highest BCUT2D eigenvalue weighted by molar-refractivity contribution is 6.29. The Labute approximate surface area is 143 Å². The quantitative estimate of drug-likeness (QED) is 0.594. The van der Waals surface area contributed by atoms with E-state index in [1.54, 1.807) is 16.9 Å². The molecule has 4 heterocycles. The molecule has 0 aromatic carbocycles. The van der Waals surface area contributed by atoms with Crippen molar-refractivity contribution in [1.29, 1.82) is 0 Å². The molecule has 0 aliphatic heterocycles. The molecule has 0 unspecified atom stereocenters. The van der Waals surface area contributed by atoms with Crippen molar-refractivity contribution in [3.63, 3.8) is 0 Å². The van der Waals surface area contributed by atoms with Crippen LogP contribution in [0.25, 0.3) is 27.9 Å². The summed E-state index contributed by atoms with van der Waals surface area (Å²) in [7, 11) is 0. The van der Waals surface area contributed by atoms with E-state index in [-0.39, 0.29) is 0 Å². The summed E-state index contributed by atoms with van der Waals surface area (Å²) in [5.74, 6) is 1.14. The van der Waals surface area contributed by atoms with Gasteiger partial charge in [-0.05, 0) is 18.1 Å². The molecule has 0 saturated heterocycles. The number of nitrogens with one attached hydrogen (secondary N) is 2. The second kappa shape index (κ2) is 5.76. The van der Waals surface area contributed by atoms with E-state index in [1.165, 1.54) is 0 Å². The summed E-state index contributed by atoms with van der Waals surface area (Å²) in [4.78, 5) is 16.3. The maximum absolute atomic E-state index is 6.10. The molecule has 122 valence electrons. The summed E-state index contributed by atoms with van der Waals surface area (Å²) >= 11 is 6.10. The molecule has 7 nitrogen and oxygen atoms in total. The summed E-state index contributed by atoms with van der Waals surface area (Å²) in [6.45, 7) is 5.11. The minimum atomic E-state index is 0.475. The smallest absolute Gasteiger partial charge is 0.224 e. The van der Waals surface area contributed by atoms with Gasteiger partial charge in [-0.2, -0.15) is 10.1 Å². The average molecular weight is 342 g/mol. The first-order valence-electron chi connectivity index (χ1n) is 7.70. The number of halogens is 1. The van der Waals surface area contributed by atoms with Gasteiger partial charge in [0.2, 0.25) is 5.95 Å². The van der Waals surface area contributed by atoms with Crippen LogP contribution < -0.4 is 5.32 Å². The number of anilines is 1. The number of imidazole rings is 1. The number of aromatic amines is 1. The molecule has 4 aromatic rings. The van der Waals surface area contributed by atoms with E-state index in [2.05, 4.69) is 44.2 Å². The highest BCUT2D eigenvalue weighted by Crippen LogP contribution is 2.27. The number of H-pyrrole nitrogens is 1. The van der Waals surface area contributed by atoms with E-state index in [0.717, 1.165) is 28.8 Å². The Morgan fingerprint density at radius 1 is 1.25 bits per heavy atom. The van der Waals surface area contributed by atoms with Gasteiger partial charge in [-0.15, -0.1) is 0 Å². The normalized spacial score (nSPS) is 11.7. The molecule has 24 heavy (non-hydrogen) atoms. The zero-order valence-electron chi connectivity index (χ0n) is 13.3. The van der Waals surface area contributed by atoms with E-state index in [0.29, 0.717) is 22.7 Å². The van der Waals surface area contributed by atoms with Gasteiger partial charge in [-0.1, -0.05) is 25.4 Å². The third kappa shape index (κ3) is 2.56. The Balaban J connectivity index is 1.74. The Kier molecular flexibility index (Phi) is 3.57. The molecule has 0 radical (unpaired) electrons. The molecule has 0 atom stereocenters. The third-order valence-corrected chi connectivity index (χ3v) is 3.95. The third-order valence-electron chi connectivity index (χ3n) is 3.70. The molecule has 4 rings (SSSR count). The number of fused-ring (bicyclic) bond motifs is 2. The molecule has 0 spiro atoms. The summed E-state index contributed by atoms with van der Waals surface area (Å²) < 4.78 is 1.61. The summed E-state index contributed by atoms with van der Waals surface area (Å²) in [6.07, 6.45) is 5.27. The minimum Gasteiger partial charge on any atom is -0.354 e. The SMILES string of the molecule is CC(C)CNc1ncc2c(-c3ccc4ncc(Cl)n4n3)c[nH]c2n1. The Morgan fingerprint density at radius 3 is 2.96 bits per heavy atom. The van der Waals surface area contributed by atoms with Crippen LogP contribution in [0, 0.1) is 5.92 Å². The standard InChI is InChI=1S/C16H16ClN7/c1-9(2)5-20-16-21-7-11-10(6-19-15(11)22-16)12-3-4-14-18-8-13(17)24(14)23-12/h3-4,6-9H,5H2,1-2H3,(H2,19,20,21,22). The number of aromatic nitrogens is 6. The minimum absolute atomic E-state index is 0.475. The molecule has 8 heteroatoms. The lowest BCUT2D eigenvalue weighted by Crippen LogP contribution is -2.10. The van der Waals surface area contributed by atoms with Crippen molar-refractivity contribution >= 4 is 34.2 Å². The fourth-order valence-electron chi connectivity index (χ4n) is 2.49. The fraction of sp³-hybridized carbons (Fsp3) is 0.250. The van der Waals surface area contributed by atoms with Gasteiger partial charge >= 0.3 is 0 Å². The van der Waals surface area contributed by atoms with Crippen LogP contribution in [0.1, 0.15) is 13.8 Å². The van der Waals surface area contributed by atoms with E-state index in [1.807, 2.05) is 18.3 Å². The number of rotatable bonds is 4. The zero-order valence-corrected chi connectivity index (χ0v) is 14.0. The van der Waals surface area contributed by atoms with E-state index >= 15 is 0 Å². The van der Waals surface area contributed by atoms with Crippen LogP contribution in [-0.4, -0.2) is 36.1 Å². The molecule has 0 fully saturated rings. The zero-order chi connectivity index (χ0) is 16.7. The van der Waals surface area contributed by atoms with Crippen LogP contribution in [-0.2, 0) is 0 Å². The predicted octanol–water partition coefficient (Wildman–Crippen LogP) is 3.39. The maximum Gasteiger partial charge on any atom is 0.224 e. The van der Waals surface area contributed by atoms with Crippen molar-refractivity contribution in [3.8, 4) is 11.3 Å². The fourth-order valence-corrected chi connectivity index (χ4v) is 2.66. The second-order valence-electron chi connectivity index (χ2n) is 6.00. The predicted molar refractivity (Wildman–Crippen MR) is 94.2 cm³/mol. The van der Waals surface area contributed by atoms with Gasteiger partial charge in [-0.3, -0.25) is 0 Å². The Hall–Kier alpha value is -2.67. The van der Waals surface area contributed by atoms with Crippen molar-refractivity contribution in [1.82, 2.24) is 29.5 Å². The van der Waals surface area contributed by atoms with E-state index < -0.39 is 0 Å². The first kappa shape index (κ1) is 14.9. The van der Waals surface area contributed by atoms with Crippen LogP contribution in [0.2, 0.25) is 5.15 Å². The van der Waals surface area contributed by atoms with E-state index in [9.17, 15) is 0 Å². The molecule has 0 aliphatic carbocycles. The molecular formula is C16H16ClN7. The van der Waals surface area contributed by atoms with Crippen LogP contribution in [0.3, 0.4) is 0 Å². The molecule has 4 aromatic heterocycles. The first-order valence-corrected chi connectivity index (χ1v) is 8.08. The second-order valence-corrected chi connectivity index (χ2v) is 6.39. The largest absolute Gasteiger partial charge is 0.354 e. The van der Waals surface area contributed by atoms with E-state index in [4.69, 9.17) is 11.6 Å². The van der Waals surface area contributed by atoms with Gasteiger partial charge in [0, 0.05) is 29.9 Å². The highest BCUT2D eigenvalue weighted by Gasteiger charge is 2.12. The lowest BCUT2D eigenvalue weighted by Gasteiger charge is -2.06. The van der Waals surface area contributed by atoms with Crippen LogP contribution in [0.15, 0.2) is 30.7 Å². The van der Waals surface area contributed by atoms with Crippen molar-refractivity contribution in [2.75, 3.05) is 11.9 Å². The molecule has 0 saturated carbocycles. The van der Waals surface area contributed by atoms with Crippen molar-refractivity contribution < 1.29 is 0 Å². The van der Waals surface area contributed by atoms with Crippen LogP contribution in [0.4, 0.5) is 5.95 Å². The molecular weight excluding hydrogens is 326 g/mol. The van der Waals surface area contributed by atoms with Gasteiger partial charge in [0.15, 0.2) is 10.8 Å². The lowest BCUT2D eigenvalue weighted by atomic mass is 10.2. The number of nitrogens with zero attached hydrogens (tertiary/aromatic N) is 5. The topological polar surface area (TPSA) is 83.8 Å². The Morgan fingerprint density at radius 2 is 2.12 bits per heavy atom. The van der Waals surface area contributed by atoms with Gasteiger partial charge in [0.1, 0.15) is 5.65 Å². The monoisotopic (exact) mass is 341 g/mol. The molecule has 0 bridgehead atoms. The first-order chi connectivity index (χ1) is 11.6. The van der Waals surface area contributed by atoms with Crippen LogP contribution >= 0.6 is 11.6 Å². The van der Waals surface area contributed by atoms with Crippen molar-refractivity contribution in [3.05, 3.63) is 35.9 Å². The number of hydrogen-bond donors (Lipinski definition) is 2. The summed E-state index contributed by atoms with van der Waals surface area (Å²) in [5.41, 5.74) is 3.18. The summed E-state index contributed by atoms with van der Waals surface area (Å²) in [5, 5.41) is 9.15. The molecule has 0 amide bonds. The van der Waals surface area contributed by atoms with Crippen molar-refractivity contribution in [2.24, 2.45) is 5.92 Å². The average Bonchev–Trinajstić information content (AvgIpc) is 3.16. The number of hydrogen-bond acceptors (Lipinski definition) is 5. The van der Waals surface area contributed by atoms with Gasteiger partial charge in [-0.25, -0.2) is 14.5 Å². The Bertz CT molecular complexity index is 1020. The lowest BCUT2D eigenvalue weighted by molar-refractivity contribution is 0.685. The van der Waals surface area contributed by atoms with Crippen LogP contribution in [0.5, 0.6) is 0 Å². The van der Waals surface area contributed by atoms with Gasteiger partial charge < -0.3 is 10.3 Å². The molecule has 0 aliphatic rings. The maximum atomic E-state index is 6.10. The van der Waals surface area contributed by atoms with Gasteiger partial charge in [0.25, 0.3) is 0 Å².